The van der Waals surface area contributed by atoms with E-state index >= 15 is 0 Å². The fourth-order valence-corrected chi connectivity index (χ4v) is 1.34. The third-order valence-electron chi connectivity index (χ3n) is 1.90. The van der Waals surface area contributed by atoms with Crippen molar-refractivity contribution in [3.63, 3.8) is 0 Å². The first kappa shape index (κ1) is 12.9. The van der Waals surface area contributed by atoms with Gasteiger partial charge in [0.2, 0.25) is 0 Å². The summed E-state index contributed by atoms with van der Waals surface area (Å²) in [5, 5.41) is 0. The van der Waals surface area contributed by atoms with E-state index in [0.29, 0.717) is 17.4 Å². The molecule has 0 saturated heterocycles. The highest BCUT2D eigenvalue weighted by atomic mass is 16.6. The molecule has 0 radical (unpaired) electrons. The lowest BCUT2D eigenvalue weighted by Crippen LogP contribution is -2.08. The Morgan fingerprint density at radius 1 is 1.12 bits per heavy atom. The van der Waals surface area contributed by atoms with E-state index in [9.17, 15) is 14.4 Å². The molecule has 0 spiro atoms. The SMILES string of the molecule is CC(=O)Oc1cc(C=O)cc(C)c1OC(C)=O. The van der Waals surface area contributed by atoms with E-state index in [0.717, 1.165) is 0 Å². The lowest BCUT2D eigenvalue weighted by molar-refractivity contribution is -0.134. The molecule has 0 aliphatic rings. The fraction of sp³-hybridized carbons (Fsp3) is 0.250. The van der Waals surface area contributed by atoms with Crippen LogP contribution >= 0.6 is 0 Å². The van der Waals surface area contributed by atoms with Gasteiger partial charge in [0.1, 0.15) is 6.29 Å². The van der Waals surface area contributed by atoms with Crippen molar-refractivity contribution in [1.29, 1.82) is 0 Å². The fourth-order valence-electron chi connectivity index (χ4n) is 1.34. The van der Waals surface area contributed by atoms with E-state index in [-0.39, 0.29) is 11.5 Å². The maximum atomic E-state index is 10.9. The predicted molar refractivity (Wildman–Crippen MR) is 59.2 cm³/mol. The Bertz CT molecular complexity index is 476. The molecule has 0 fully saturated rings. The summed E-state index contributed by atoms with van der Waals surface area (Å²) < 4.78 is 9.84. The smallest absolute Gasteiger partial charge is 0.308 e. The number of ether oxygens (including phenoxy) is 2. The third kappa shape index (κ3) is 3.41. The van der Waals surface area contributed by atoms with Crippen molar-refractivity contribution in [3.8, 4) is 11.5 Å². The zero-order valence-corrected chi connectivity index (χ0v) is 9.77. The van der Waals surface area contributed by atoms with Crippen LogP contribution in [0.25, 0.3) is 0 Å². The quantitative estimate of drug-likeness (QED) is 0.453. The number of hydrogen-bond acceptors (Lipinski definition) is 5. The van der Waals surface area contributed by atoms with Crippen LogP contribution in [0.1, 0.15) is 29.8 Å². The molecular formula is C12H12O5. The zero-order chi connectivity index (χ0) is 13.0. The van der Waals surface area contributed by atoms with Crippen LogP contribution in [0, 0.1) is 6.92 Å². The van der Waals surface area contributed by atoms with Crippen LogP contribution in [-0.4, -0.2) is 18.2 Å². The van der Waals surface area contributed by atoms with Crippen LogP contribution in [0.3, 0.4) is 0 Å². The van der Waals surface area contributed by atoms with E-state index in [1.165, 1.54) is 26.0 Å². The van der Waals surface area contributed by atoms with Crippen LogP contribution in [0.2, 0.25) is 0 Å². The summed E-state index contributed by atoms with van der Waals surface area (Å²) in [6.07, 6.45) is 0.623. The molecule has 0 amide bonds. The van der Waals surface area contributed by atoms with Crippen LogP contribution in [0.4, 0.5) is 0 Å². The van der Waals surface area contributed by atoms with E-state index in [1.54, 1.807) is 6.92 Å². The van der Waals surface area contributed by atoms with E-state index in [4.69, 9.17) is 9.47 Å². The molecule has 1 aromatic carbocycles. The molecule has 90 valence electrons. The molecule has 5 heteroatoms. The van der Waals surface area contributed by atoms with Crippen molar-refractivity contribution in [2.75, 3.05) is 0 Å². The average molecular weight is 236 g/mol. The van der Waals surface area contributed by atoms with E-state index in [1.807, 2.05) is 0 Å². The molecule has 0 aliphatic carbocycles. The van der Waals surface area contributed by atoms with Gasteiger partial charge in [0.05, 0.1) is 0 Å². The van der Waals surface area contributed by atoms with Crippen molar-refractivity contribution < 1.29 is 23.9 Å². The molecule has 0 heterocycles. The van der Waals surface area contributed by atoms with Crippen LogP contribution in [0.5, 0.6) is 11.5 Å². The summed E-state index contributed by atoms with van der Waals surface area (Å²) in [5.74, 6) is -0.866. The number of aryl methyl sites for hydroxylation is 1. The molecule has 0 atom stereocenters. The van der Waals surface area contributed by atoms with Gasteiger partial charge in [-0.2, -0.15) is 0 Å². The topological polar surface area (TPSA) is 69.7 Å². The van der Waals surface area contributed by atoms with Crippen molar-refractivity contribution in [2.24, 2.45) is 0 Å². The van der Waals surface area contributed by atoms with Gasteiger partial charge in [0.25, 0.3) is 0 Å². The number of hydrogen-bond donors (Lipinski definition) is 0. The van der Waals surface area contributed by atoms with E-state index in [2.05, 4.69) is 0 Å². The lowest BCUT2D eigenvalue weighted by Gasteiger charge is -2.11. The Kier molecular flexibility index (Phi) is 3.98. The molecule has 0 saturated carbocycles. The number of carbonyl (C=O) groups is 3. The lowest BCUT2D eigenvalue weighted by atomic mass is 10.1. The summed E-state index contributed by atoms with van der Waals surface area (Å²) in [6.45, 7) is 4.11. The number of esters is 2. The van der Waals surface area contributed by atoms with Crippen molar-refractivity contribution in [2.45, 2.75) is 20.8 Å². The number of rotatable bonds is 3. The Labute approximate surface area is 98.3 Å². The van der Waals surface area contributed by atoms with Gasteiger partial charge in [0, 0.05) is 19.4 Å². The van der Waals surface area contributed by atoms with Crippen molar-refractivity contribution in [1.82, 2.24) is 0 Å². The first-order valence-electron chi connectivity index (χ1n) is 4.90. The largest absolute Gasteiger partial charge is 0.423 e. The number of carbonyl (C=O) groups excluding carboxylic acids is 3. The average Bonchev–Trinajstić information content (AvgIpc) is 2.21. The monoisotopic (exact) mass is 236 g/mol. The highest BCUT2D eigenvalue weighted by Crippen LogP contribution is 2.32. The minimum absolute atomic E-state index is 0.0646. The Morgan fingerprint density at radius 2 is 1.71 bits per heavy atom. The first-order valence-corrected chi connectivity index (χ1v) is 4.90. The molecule has 1 rings (SSSR count). The van der Waals surface area contributed by atoms with Gasteiger partial charge in [-0.1, -0.05) is 0 Å². The second-order valence-electron chi connectivity index (χ2n) is 3.47. The van der Waals surface area contributed by atoms with Gasteiger partial charge < -0.3 is 9.47 Å². The normalized spacial score (nSPS) is 9.59. The van der Waals surface area contributed by atoms with Crippen molar-refractivity contribution in [3.05, 3.63) is 23.3 Å². The Morgan fingerprint density at radius 3 is 2.18 bits per heavy atom. The highest BCUT2D eigenvalue weighted by Gasteiger charge is 2.14. The van der Waals surface area contributed by atoms with Crippen molar-refractivity contribution >= 4 is 18.2 Å². The maximum Gasteiger partial charge on any atom is 0.308 e. The number of aldehydes is 1. The maximum absolute atomic E-state index is 10.9. The molecule has 0 aromatic heterocycles. The third-order valence-corrected chi connectivity index (χ3v) is 1.90. The summed E-state index contributed by atoms with van der Waals surface area (Å²) in [4.78, 5) is 32.5. The number of benzene rings is 1. The molecule has 1 aromatic rings. The molecule has 0 N–H and O–H groups in total. The highest BCUT2D eigenvalue weighted by molar-refractivity contribution is 5.80. The molecule has 5 nitrogen and oxygen atoms in total. The summed E-state index contributed by atoms with van der Waals surface area (Å²) >= 11 is 0. The molecule has 0 aliphatic heterocycles. The summed E-state index contributed by atoms with van der Waals surface area (Å²) in [5.41, 5.74) is 0.885. The molecule has 0 unspecified atom stereocenters. The first-order chi connectivity index (χ1) is 7.93. The Balaban J connectivity index is 3.27. The second-order valence-corrected chi connectivity index (χ2v) is 3.47. The summed E-state index contributed by atoms with van der Waals surface area (Å²) in [6, 6.07) is 2.89. The van der Waals surface area contributed by atoms with Crippen LogP contribution < -0.4 is 9.47 Å². The zero-order valence-electron chi connectivity index (χ0n) is 9.77. The Hall–Kier alpha value is -2.17. The van der Waals surface area contributed by atoms with Gasteiger partial charge in [-0.25, -0.2) is 0 Å². The molecular weight excluding hydrogens is 224 g/mol. The van der Waals surface area contributed by atoms with Gasteiger partial charge in [0.15, 0.2) is 11.5 Å². The van der Waals surface area contributed by atoms with Gasteiger partial charge in [-0.05, 0) is 24.6 Å². The van der Waals surface area contributed by atoms with Gasteiger partial charge in [-0.3, -0.25) is 14.4 Å². The summed E-state index contributed by atoms with van der Waals surface area (Å²) in [7, 11) is 0. The second kappa shape index (κ2) is 5.25. The van der Waals surface area contributed by atoms with Crippen LogP contribution in [0.15, 0.2) is 12.1 Å². The standard InChI is InChI=1S/C12H12O5/c1-7-4-10(6-13)5-11(16-8(2)14)12(7)17-9(3)15/h4-6H,1-3H3. The minimum Gasteiger partial charge on any atom is -0.423 e. The minimum atomic E-state index is -0.555. The molecule has 0 bridgehead atoms. The predicted octanol–water partition coefficient (Wildman–Crippen LogP) is 1.66. The van der Waals surface area contributed by atoms with Gasteiger partial charge in [-0.15, -0.1) is 0 Å². The van der Waals surface area contributed by atoms with Crippen LogP contribution in [-0.2, 0) is 9.59 Å². The molecule has 17 heavy (non-hydrogen) atoms. The van der Waals surface area contributed by atoms with Gasteiger partial charge >= 0.3 is 11.9 Å². The van der Waals surface area contributed by atoms with E-state index < -0.39 is 11.9 Å².